The molecule has 18 heavy (non-hydrogen) atoms. The number of rotatable bonds is 3. The van der Waals surface area contributed by atoms with Gasteiger partial charge in [0.15, 0.2) is 5.78 Å². The third-order valence-electron chi connectivity index (χ3n) is 2.88. The Kier molecular flexibility index (Phi) is 4.67. The largest absolute Gasteiger partial charge is 0.298 e. The normalized spacial score (nSPS) is 23.9. The summed E-state index contributed by atoms with van der Waals surface area (Å²) >= 11 is 3.39. The number of carbonyl (C=O) groups is 1. The average Bonchev–Trinajstić information content (AvgIpc) is 2.34. The molecule has 1 nitrogen and oxygen atoms in total. The lowest BCUT2D eigenvalue weighted by Crippen LogP contribution is -2.32. The van der Waals surface area contributed by atoms with E-state index in [1.54, 1.807) is 23.5 Å². The zero-order valence-electron chi connectivity index (χ0n) is 9.99. The van der Waals surface area contributed by atoms with Gasteiger partial charge in [0, 0.05) is 23.2 Å². The Morgan fingerprint density at radius 2 is 2.06 bits per heavy atom. The van der Waals surface area contributed by atoms with Gasteiger partial charge in [0.2, 0.25) is 0 Å². The Labute approximate surface area is 114 Å². The number of hydrogen-bond donors (Lipinski definition) is 0. The molecular formula is C13H14F2OS2. The van der Waals surface area contributed by atoms with Crippen molar-refractivity contribution < 1.29 is 13.6 Å². The van der Waals surface area contributed by atoms with Crippen molar-refractivity contribution in [1.29, 1.82) is 0 Å². The molecule has 2 rings (SSSR count). The lowest BCUT2D eigenvalue weighted by atomic mass is 10.0. The van der Waals surface area contributed by atoms with Crippen LogP contribution in [0.25, 0.3) is 0 Å². The zero-order valence-corrected chi connectivity index (χ0v) is 11.6. The van der Waals surface area contributed by atoms with Crippen LogP contribution in [-0.4, -0.2) is 27.8 Å². The predicted molar refractivity (Wildman–Crippen MR) is 73.2 cm³/mol. The molecule has 2 unspecified atom stereocenters. The first-order chi connectivity index (χ1) is 8.58. The Bertz CT molecular complexity index is 451. The minimum absolute atomic E-state index is 0.0100. The van der Waals surface area contributed by atoms with Gasteiger partial charge in [-0.1, -0.05) is 6.92 Å². The van der Waals surface area contributed by atoms with Gasteiger partial charge < -0.3 is 0 Å². The molecule has 1 aliphatic rings. The molecule has 1 fully saturated rings. The molecule has 0 spiro atoms. The first-order valence-corrected chi connectivity index (χ1v) is 7.87. The minimum atomic E-state index is -0.508. The standard InChI is InChI=1S/C13H14F2OS2/c1-8-13(18-5-4-17-8)12(16)7-9-6-10(14)2-3-11(9)15/h2-3,6,8,13H,4-5,7H2,1H3. The summed E-state index contributed by atoms with van der Waals surface area (Å²) in [6, 6.07) is 3.25. The van der Waals surface area contributed by atoms with Gasteiger partial charge in [0.25, 0.3) is 0 Å². The highest BCUT2D eigenvalue weighted by Gasteiger charge is 2.29. The van der Waals surface area contributed by atoms with Gasteiger partial charge in [0.1, 0.15) is 11.6 Å². The highest BCUT2D eigenvalue weighted by Crippen LogP contribution is 2.32. The van der Waals surface area contributed by atoms with Crippen LogP contribution in [0.2, 0.25) is 0 Å². The van der Waals surface area contributed by atoms with E-state index in [4.69, 9.17) is 0 Å². The first kappa shape index (κ1) is 13.9. The summed E-state index contributed by atoms with van der Waals surface area (Å²) < 4.78 is 26.5. The fourth-order valence-electron chi connectivity index (χ4n) is 1.95. The van der Waals surface area contributed by atoms with Crippen molar-refractivity contribution in [1.82, 2.24) is 0 Å². The molecule has 2 atom stereocenters. The van der Waals surface area contributed by atoms with Crippen molar-refractivity contribution in [2.24, 2.45) is 0 Å². The molecule has 98 valence electrons. The van der Waals surface area contributed by atoms with Crippen LogP contribution in [0, 0.1) is 11.6 Å². The molecule has 1 aliphatic heterocycles. The Morgan fingerprint density at radius 1 is 1.33 bits per heavy atom. The quantitative estimate of drug-likeness (QED) is 0.849. The van der Waals surface area contributed by atoms with Gasteiger partial charge in [-0.25, -0.2) is 8.78 Å². The molecule has 5 heteroatoms. The van der Waals surface area contributed by atoms with Crippen LogP contribution in [0.15, 0.2) is 18.2 Å². The van der Waals surface area contributed by atoms with Crippen LogP contribution < -0.4 is 0 Å². The number of benzene rings is 1. The molecule has 1 aromatic carbocycles. The summed E-state index contributed by atoms with van der Waals surface area (Å²) in [5.41, 5.74) is 0.156. The molecule has 0 N–H and O–H groups in total. The molecule has 0 saturated carbocycles. The van der Waals surface area contributed by atoms with Crippen molar-refractivity contribution >= 4 is 29.3 Å². The molecule has 0 amide bonds. The lowest BCUT2D eigenvalue weighted by Gasteiger charge is -2.26. The van der Waals surface area contributed by atoms with E-state index < -0.39 is 11.6 Å². The molecule has 1 aromatic rings. The Morgan fingerprint density at radius 3 is 2.78 bits per heavy atom. The van der Waals surface area contributed by atoms with Gasteiger partial charge in [-0.2, -0.15) is 11.8 Å². The van der Waals surface area contributed by atoms with Crippen molar-refractivity contribution in [2.75, 3.05) is 11.5 Å². The Balaban J connectivity index is 2.08. The third-order valence-corrected chi connectivity index (χ3v) is 6.02. The average molecular weight is 288 g/mol. The number of Topliss-reactive ketones (excluding diaryl/α,β-unsaturated/α-hetero) is 1. The molecule has 0 aliphatic carbocycles. The van der Waals surface area contributed by atoms with E-state index in [2.05, 4.69) is 0 Å². The van der Waals surface area contributed by atoms with Gasteiger partial charge in [-0.3, -0.25) is 4.79 Å². The summed E-state index contributed by atoms with van der Waals surface area (Å²) in [6.45, 7) is 2.02. The van der Waals surface area contributed by atoms with Gasteiger partial charge >= 0.3 is 0 Å². The third kappa shape index (κ3) is 3.26. The highest BCUT2D eigenvalue weighted by atomic mass is 32.2. The lowest BCUT2D eigenvalue weighted by molar-refractivity contribution is -0.117. The second-order valence-electron chi connectivity index (χ2n) is 4.25. The van der Waals surface area contributed by atoms with Crippen molar-refractivity contribution in [3.8, 4) is 0 Å². The smallest absolute Gasteiger partial charge is 0.151 e. The van der Waals surface area contributed by atoms with E-state index in [-0.39, 0.29) is 28.3 Å². The topological polar surface area (TPSA) is 17.1 Å². The highest BCUT2D eigenvalue weighted by molar-refractivity contribution is 8.07. The predicted octanol–water partition coefficient (Wildman–Crippen LogP) is 3.31. The van der Waals surface area contributed by atoms with Gasteiger partial charge in [-0.15, -0.1) is 11.8 Å². The maximum atomic E-state index is 13.5. The first-order valence-electron chi connectivity index (χ1n) is 5.78. The summed E-state index contributed by atoms with van der Waals surface area (Å²) in [5, 5.41) is 0.138. The summed E-state index contributed by atoms with van der Waals surface area (Å²) in [7, 11) is 0. The molecule has 1 heterocycles. The SMILES string of the molecule is CC1SCCSC1C(=O)Cc1cc(F)ccc1F. The molecular weight excluding hydrogens is 274 g/mol. The van der Waals surface area contributed by atoms with Crippen LogP contribution in [-0.2, 0) is 11.2 Å². The fraction of sp³-hybridized carbons (Fsp3) is 0.462. The number of carbonyl (C=O) groups excluding carboxylic acids is 1. The number of ketones is 1. The van der Waals surface area contributed by atoms with E-state index >= 15 is 0 Å². The summed E-state index contributed by atoms with van der Waals surface area (Å²) in [6.07, 6.45) is -0.0217. The minimum Gasteiger partial charge on any atom is -0.298 e. The molecule has 0 aromatic heterocycles. The molecule has 0 radical (unpaired) electrons. The van der Waals surface area contributed by atoms with E-state index in [0.717, 1.165) is 29.7 Å². The van der Waals surface area contributed by atoms with Crippen molar-refractivity contribution in [2.45, 2.75) is 23.8 Å². The Hall–Kier alpha value is -0.550. The van der Waals surface area contributed by atoms with Crippen LogP contribution in [0.3, 0.4) is 0 Å². The van der Waals surface area contributed by atoms with Crippen molar-refractivity contribution in [3.05, 3.63) is 35.4 Å². The number of hydrogen-bond acceptors (Lipinski definition) is 3. The van der Waals surface area contributed by atoms with E-state index in [1.807, 2.05) is 6.92 Å². The van der Waals surface area contributed by atoms with Crippen molar-refractivity contribution in [3.63, 3.8) is 0 Å². The van der Waals surface area contributed by atoms with Gasteiger partial charge in [0.05, 0.1) is 5.25 Å². The van der Waals surface area contributed by atoms with E-state index in [1.165, 1.54) is 0 Å². The summed E-state index contributed by atoms with van der Waals surface area (Å²) in [4.78, 5) is 12.1. The summed E-state index contributed by atoms with van der Waals surface area (Å²) in [5.74, 6) is 0.967. The molecule has 1 saturated heterocycles. The van der Waals surface area contributed by atoms with Gasteiger partial charge in [-0.05, 0) is 23.8 Å². The zero-order chi connectivity index (χ0) is 13.1. The fourth-order valence-corrected chi connectivity index (χ4v) is 4.69. The molecule has 0 bridgehead atoms. The van der Waals surface area contributed by atoms with Crippen LogP contribution in [0.4, 0.5) is 8.78 Å². The second-order valence-corrected chi connectivity index (χ2v) is 6.98. The van der Waals surface area contributed by atoms with Crippen LogP contribution in [0.5, 0.6) is 0 Å². The second kappa shape index (κ2) is 6.06. The maximum Gasteiger partial charge on any atom is 0.151 e. The maximum absolute atomic E-state index is 13.5. The number of halogens is 2. The van der Waals surface area contributed by atoms with Crippen LogP contribution >= 0.6 is 23.5 Å². The van der Waals surface area contributed by atoms with E-state index in [9.17, 15) is 13.6 Å². The van der Waals surface area contributed by atoms with Crippen LogP contribution in [0.1, 0.15) is 12.5 Å². The monoisotopic (exact) mass is 288 g/mol. The number of thioether (sulfide) groups is 2. The van der Waals surface area contributed by atoms with E-state index in [0.29, 0.717) is 0 Å².